The summed E-state index contributed by atoms with van der Waals surface area (Å²) < 4.78 is 11.7. The molecule has 4 heterocycles. The molecule has 0 radical (unpaired) electrons. The number of hydrogen-bond acceptors (Lipinski definition) is 8. The molecule has 2 saturated heterocycles. The number of fused-ring (bicyclic) bond motifs is 1. The van der Waals surface area contributed by atoms with Crippen LogP contribution >= 0.6 is 0 Å². The van der Waals surface area contributed by atoms with Crippen LogP contribution in [0.1, 0.15) is 39.2 Å². The van der Waals surface area contributed by atoms with Crippen LogP contribution in [0.3, 0.4) is 0 Å². The average Bonchev–Trinajstić information content (AvgIpc) is 3.38. The molecule has 2 aromatic heterocycles. The first-order chi connectivity index (χ1) is 19.3. The Labute approximate surface area is 237 Å². The van der Waals surface area contributed by atoms with E-state index < -0.39 is 0 Å². The lowest BCUT2D eigenvalue weighted by molar-refractivity contribution is -0.153. The smallest absolute Gasteiger partial charge is 0.312 e. The van der Waals surface area contributed by atoms with E-state index in [1.54, 1.807) is 6.20 Å². The lowest BCUT2D eigenvalue weighted by atomic mass is 9.98. The number of nitrogens with zero attached hydrogens (tertiary/aromatic N) is 4. The van der Waals surface area contributed by atoms with Crippen molar-refractivity contribution in [2.24, 2.45) is 5.41 Å². The summed E-state index contributed by atoms with van der Waals surface area (Å²) in [6, 6.07) is 13.5. The molecule has 0 unspecified atom stereocenters. The fraction of sp³-hybridized carbons (Fsp3) is 0.516. The van der Waals surface area contributed by atoms with Gasteiger partial charge in [0, 0.05) is 80.8 Å². The summed E-state index contributed by atoms with van der Waals surface area (Å²) in [5, 5.41) is 7.87. The second-order valence-electron chi connectivity index (χ2n) is 11.5. The summed E-state index contributed by atoms with van der Waals surface area (Å²) in [5.41, 5.74) is 5.22. The molecular weight excluding hydrogens is 506 g/mol. The third-order valence-corrected chi connectivity index (χ3v) is 7.32. The zero-order valence-corrected chi connectivity index (χ0v) is 24.3. The van der Waals surface area contributed by atoms with E-state index in [1.165, 1.54) is 31.2 Å². The number of methoxy groups -OCH3 is 1. The summed E-state index contributed by atoms with van der Waals surface area (Å²) in [7, 11) is 1.50. The first-order valence-electron chi connectivity index (χ1n) is 14.2. The number of aldehydes is 1. The first-order valence-corrected chi connectivity index (χ1v) is 14.2. The average molecular weight is 550 g/mol. The molecule has 5 rings (SSSR count). The molecule has 40 heavy (non-hydrogen) atoms. The second kappa shape index (κ2) is 13.9. The van der Waals surface area contributed by atoms with Crippen LogP contribution in [0.5, 0.6) is 0 Å². The number of nitrogens with one attached hydrogen (secondary N) is 1. The lowest BCUT2D eigenvalue weighted by Gasteiger charge is -2.41. The minimum atomic E-state index is -0.324. The summed E-state index contributed by atoms with van der Waals surface area (Å²) in [5.74, 6) is -0.324. The SMILES string of the molecule is CC(C)(C)C=O.COCOC(=O)Cc1cnn2ccc(-c3ccccc3N3CCC(N4CCNCC4)CC3)cc12. The molecule has 2 aliphatic rings. The van der Waals surface area contributed by atoms with Crippen LogP contribution in [0.15, 0.2) is 48.8 Å². The zero-order valence-electron chi connectivity index (χ0n) is 24.3. The van der Waals surface area contributed by atoms with Gasteiger partial charge in [0.1, 0.15) is 6.29 Å². The number of rotatable bonds is 7. The van der Waals surface area contributed by atoms with E-state index in [0.29, 0.717) is 6.04 Å². The van der Waals surface area contributed by atoms with Crippen molar-refractivity contribution in [1.29, 1.82) is 0 Å². The van der Waals surface area contributed by atoms with E-state index in [1.807, 2.05) is 31.5 Å². The molecule has 9 nitrogen and oxygen atoms in total. The highest BCUT2D eigenvalue weighted by Gasteiger charge is 2.26. The number of ether oxygens (including phenoxy) is 2. The minimum absolute atomic E-state index is 0.0397. The third kappa shape index (κ3) is 7.90. The topological polar surface area (TPSA) is 88.4 Å². The molecule has 1 N–H and O–H groups in total. The Morgan fingerprint density at radius 2 is 1.80 bits per heavy atom. The van der Waals surface area contributed by atoms with E-state index in [9.17, 15) is 9.59 Å². The maximum atomic E-state index is 12.1. The third-order valence-electron chi connectivity index (χ3n) is 7.32. The number of carbonyl (C=O) groups excluding carboxylic acids is 2. The molecule has 216 valence electrons. The lowest BCUT2D eigenvalue weighted by Crippen LogP contribution is -2.52. The van der Waals surface area contributed by atoms with Gasteiger partial charge in [0.25, 0.3) is 0 Å². The van der Waals surface area contributed by atoms with Gasteiger partial charge in [0.15, 0.2) is 6.79 Å². The van der Waals surface area contributed by atoms with E-state index in [4.69, 9.17) is 9.47 Å². The first kappa shape index (κ1) is 29.7. The van der Waals surface area contributed by atoms with Crippen LogP contribution in [-0.2, 0) is 25.5 Å². The van der Waals surface area contributed by atoms with Gasteiger partial charge < -0.3 is 24.5 Å². The Balaban J connectivity index is 0.000000557. The monoisotopic (exact) mass is 549 g/mol. The Morgan fingerprint density at radius 1 is 1.10 bits per heavy atom. The van der Waals surface area contributed by atoms with Crippen LogP contribution < -0.4 is 10.2 Å². The molecule has 2 fully saturated rings. The van der Waals surface area contributed by atoms with E-state index in [-0.39, 0.29) is 24.6 Å². The molecule has 0 saturated carbocycles. The van der Waals surface area contributed by atoms with Crippen LogP contribution in [0.25, 0.3) is 16.6 Å². The van der Waals surface area contributed by atoms with Crippen molar-refractivity contribution in [3.8, 4) is 11.1 Å². The Morgan fingerprint density at radius 3 is 2.48 bits per heavy atom. The van der Waals surface area contributed by atoms with E-state index >= 15 is 0 Å². The zero-order chi connectivity index (χ0) is 28.5. The van der Waals surface area contributed by atoms with Crippen LogP contribution in [-0.4, -0.2) is 86.0 Å². The van der Waals surface area contributed by atoms with E-state index in [2.05, 4.69) is 56.6 Å². The molecule has 1 aromatic carbocycles. The van der Waals surface area contributed by atoms with Crippen molar-refractivity contribution >= 4 is 23.5 Å². The van der Waals surface area contributed by atoms with Gasteiger partial charge in [-0.15, -0.1) is 0 Å². The number of pyridine rings is 1. The number of carbonyl (C=O) groups is 2. The maximum absolute atomic E-state index is 12.1. The van der Waals surface area contributed by atoms with Gasteiger partial charge >= 0.3 is 5.97 Å². The number of aromatic nitrogens is 2. The fourth-order valence-corrected chi connectivity index (χ4v) is 5.18. The maximum Gasteiger partial charge on any atom is 0.312 e. The number of para-hydroxylation sites is 1. The fourth-order valence-electron chi connectivity index (χ4n) is 5.18. The Kier molecular flexibility index (Phi) is 10.3. The van der Waals surface area contributed by atoms with Gasteiger partial charge in [-0.2, -0.15) is 5.10 Å². The van der Waals surface area contributed by atoms with Crippen LogP contribution in [0.2, 0.25) is 0 Å². The van der Waals surface area contributed by atoms with Crippen molar-refractivity contribution < 1.29 is 19.1 Å². The normalized spacial score (nSPS) is 16.9. The van der Waals surface area contributed by atoms with Crippen LogP contribution in [0, 0.1) is 5.41 Å². The van der Waals surface area contributed by atoms with Crippen molar-refractivity contribution in [3.05, 3.63) is 54.4 Å². The Hall–Kier alpha value is -3.27. The van der Waals surface area contributed by atoms with Gasteiger partial charge in [0.2, 0.25) is 0 Å². The van der Waals surface area contributed by atoms with Crippen molar-refractivity contribution in [1.82, 2.24) is 19.8 Å². The number of benzene rings is 1. The summed E-state index contributed by atoms with van der Waals surface area (Å²) >= 11 is 0. The highest BCUT2D eigenvalue weighted by atomic mass is 16.7. The predicted octanol–water partition coefficient (Wildman–Crippen LogP) is 3.80. The highest BCUT2D eigenvalue weighted by molar-refractivity contribution is 5.82. The van der Waals surface area contributed by atoms with Crippen LogP contribution in [0.4, 0.5) is 5.69 Å². The number of piperazine rings is 1. The highest BCUT2D eigenvalue weighted by Crippen LogP contribution is 2.34. The van der Waals surface area contributed by atoms with Gasteiger partial charge in [-0.3, -0.25) is 9.69 Å². The Bertz CT molecular complexity index is 1250. The van der Waals surface area contributed by atoms with Gasteiger partial charge in [0.05, 0.1) is 18.1 Å². The van der Waals surface area contributed by atoms with Crippen molar-refractivity contribution in [2.75, 3.05) is 58.1 Å². The number of esters is 1. The van der Waals surface area contributed by atoms with Gasteiger partial charge in [-0.05, 0) is 36.6 Å². The number of anilines is 1. The van der Waals surface area contributed by atoms with Crippen molar-refractivity contribution in [3.63, 3.8) is 0 Å². The molecular formula is C31H43N5O4. The summed E-state index contributed by atoms with van der Waals surface area (Å²) in [6.07, 6.45) is 7.19. The van der Waals surface area contributed by atoms with Crippen molar-refractivity contribution in [2.45, 2.75) is 46.1 Å². The van der Waals surface area contributed by atoms with Gasteiger partial charge in [-0.1, -0.05) is 39.0 Å². The molecule has 0 spiro atoms. The number of piperidine rings is 1. The quantitative estimate of drug-likeness (QED) is 0.271. The number of hydrogen-bond donors (Lipinski definition) is 1. The molecule has 0 bridgehead atoms. The molecule has 2 aliphatic heterocycles. The molecule has 3 aromatic rings. The largest absolute Gasteiger partial charge is 0.438 e. The molecule has 9 heteroatoms. The second-order valence-corrected chi connectivity index (χ2v) is 11.5. The van der Waals surface area contributed by atoms with Gasteiger partial charge in [-0.25, -0.2) is 4.52 Å². The predicted molar refractivity (Wildman–Crippen MR) is 157 cm³/mol. The standard InChI is InChI=1S/C26H33N5O3.C5H10O/c1-33-19-34-26(32)17-21-18-28-31-13-6-20(16-25(21)31)23-4-2-3-5-24(23)30-11-7-22(8-12-30)29-14-9-27-10-15-29;1-5(2,3)4-6/h2-6,13,16,18,22,27H,7-12,14-15,17,19H2,1H3;4H,1-3H3. The molecule has 0 amide bonds. The summed E-state index contributed by atoms with van der Waals surface area (Å²) in [4.78, 5) is 27.1. The molecule has 0 atom stereocenters. The minimum Gasteiger partial charge on any atom is -0.438 e. The van der Waals surface area contributed by atoms with E-state index in [0.717, 1.165) is 62.2 Å². The molecule has 0 aliphatic carbocycles. The summed E-state index contributed by atoms with van der Waals surface area (Å²) in [6.45, 7) is 12.2.